The van der Waals surface area contributed by atoms with Gasteiger partial charge in [-0.3, -0.25) is 4.79 Å². The summed E-state index contributed by atoms with van der Waals surface area (Å²) in [5, 5.41) is 2.96. The normalized spacial score (nSPS) is 11.9. The van der Waals surface area contributed by atoms with Gasteiger partial charge in [-0.1, -0.05) is 49.4 Å². The number of carbonyl (C=O) groups is 1. The summed E-state index contributed by atoms with van der Waals surface area (Å²) >= 11 is 2.22. The van der Waals surface area contributed by atoms with E-state index in [4.69, 9.17) is 0 Å². The zero-order valence-corrected chi connectivity index (χ0v) is 12.9. The molecule has 1 amide bonds. The number of nitrogens with one attached hydrogen (secondary N) is 1. The molecule has 2 aromatic rings. The molecule has 2 nitrogen and oxygen atoms in total. The highest BCUT2D eigenvalue weighted by atomic mass is 127. The molecule has 98 valence electrons. The fraction of sp³-hybridized carbons (Fsp3) is 0.188. The van der Waals surface area contributed by atoms with E-state index in [9.17, 15) is 4.79 Å². The average Bonchev–Trinajstić information content (AvgIpc) is 2.42. The van der Waals surface area contributed by atoms with Crippen molar-refractivity contribution >= 4 is 34.2 Å². The van der Waals surface area contributed by atoms with E-state index in [1.807, 2.05) is 42.5 Å². The van der Waals surface area contributed by atoms with Gasteiger partial charge in [0.15, 0.2) is 0 Å². The van der Waals surface area contributed by atoms with Crippen molar-refractivity contribution in [2.24, 2.45) is 0 Å². The van der Waals surface area contributed by atoms with Gasteiger partial charge < -0.3 is 5.32 Å². The van der Waals surface area contributed by atoms with Crippen LogP contribution in [0.15, 0.2) is 54.6 Å². The van der Waals surface area contributed by atoms with Crippen LogP contribution in [0.4, 0.5) is 5.69 Å². The summed E-state index contributed by atoms with van der Waals surface area (Å²) in [7, 11) is 0. The molecule has 0 heterocycles. The molecule has 2 rings (SSSR count). The lowest BCUT2D eigenvalue weighted by atomic mass is 9.97. The molecule has 0 aromatic heterocycles. The van der Waals surface area contributed by atoms with Gasteiger partial charge in [0.25, 0.3) is 0 Å². The van der Waals surface area contributed by atoms with E-state index in [1.165, 1.54) is 5.56 Å². The van der Waals surface area contributed by atoms with Crippen molar-refractivity contribution in [3.05, 3.63) is 63.7 Å². The standard InChI is InChI=1S/C16H16INO/c1-12(13-7-3-2-4-8-13)11-16(19)18-15-10-6-5-9-14(15)17/h2-10,12H,11H2,1H3,(H,18,19). The fourth-order valence-electron chi connectivity index (χ4n) is 1.94. The van der Waals surface area contributed by atoms with Crippen LogP contribution in [0.3, 0.4) is 0 Å². The molecule has 0 saturated carbocycles. The second-order valence-corrected chi connectivity index (χ2v) is 5.71. The molecule has 0 radical (unpaired) electrons. The minimum Gasteiger partial charge on any atom is -0.325 e. The Morgan fingerprint density at radius 2 is 1.74 bits per heavy atom. The van der Waals surface area contributed by atoms with Crippen molar-refractivity contribution in [3.63, 3.8) is 0 Å². The monoisotopic (exact) mass is 365 g/mol. The fourth-order valence-corrected chi connectivity index (χ4v) is 2.46. The Balaban J connectivity index is 1.97. The molecular formula is C16H16INO. The molecular weight excluding hydrogens is 349 g/mol. The second-order valence-electron chi connectivity index (χ2n) is 4.54. The van der Waals surface area contributed by atoms with E-state index in [0.717, 1.165) is 9.26 Å². The number of hydrogen-bond donors (Lipinski definition) is 1. The maximum Gasteiger partial charge on any atom is 0.225 e. The molecule has 3 heteroatoms. The molecule has 2 aromatic carbocycles. The predicted octanol–water partition coefficient (Wildman–Crippen LogP) is 4.42. The number of hydrogen-bond acceptors (Lipinski definition) is 1. The average molecular weight is 365 g/mol. The smallest absolute Gasteiger partial charge is 0.225 e. The van der Waals surface area contributed by atoms with Crippen molar-refractivity contribution < 1.29 is 4.79 Å². The molecule has 0 bridgehead atoms. The first-order valence-corrected chi connectivity index (χ1v) is 7.34. The summed E-state index contributed by atoms with van der Waals surface area (Å²) in [6.07, 6.45) is 0.495. The summed E-state index contributed by atoms with van der Waals surface area (Å²) in [6, 6.07) is 17.9. The lowest BCUT2D eigenvalue weighted by molar-refractivity contribution is -0.116. The zero-order valence-electron chi connectivity index (χ0n) is 10.8. The van der Waals surface area contributed by atoms with Crippen LogP contribution in [0, 0.1) is 3.57 Å². The zero-order chi connectivity index (χ0) is 13.7. The van der Waals surface area contributed by atoms with Crippen molar-refractivity contribution in [2.75, 3.05) is 5.32 Å². The van der Waals surface area contributed by atoms with Gasteiger partial charge in [0, 0.05) is 9.99 Å². The van der Waals surface area contributed by atoms with Gasteiger partial charge in [-0.2, -0.15) is 0 Å². The number of rotatable bonds is 4. The van der Waals surface area contributed by atoms with Crippen LogP contribution in [0.2, 0.25) is 0 Å². The molecule has 0 aliphatic heterocycles. The lowest BCUT2D eigenvalue weighted by Crippen LogP contribution is -2.15. The molecule has 1 unspecified atom stereocenters. The first kappa shape index (κ1) is 14.1. The highest BCUT2D eigenvalue weighted by Gasteiger charge is 2.11. The van der Waals surface area contributed by atoms with Crippen LogP contribution in [-0.2, 0) is 4.79 Å². The topological polar surface area (TPSA) is 29.1 Å². The van der Waals surface area contributed by atoms with Crippen molar-refractivity contribution in [3.8, 4) is 0 Å². The van der Waals surface area contributed by atoms with Gasteiger partial charge in [0.1, 0.15) is 0 Å². The number of carbonyl (C=O) groups excluding carboxylic acids is 1. The van der Waals surface area contributed by atoms with Gasteiger partial charge in [0.05, 0.1) is 5.69 Å². The van der Waals surface area contributed by atoms with Crippen LogP contribution >= 0.6 is 22.6 Å². The van der Waals surface area contributed by atoms with Crippen LogP contribution in [-0.4, -0.2) is 5.91 Å². The number of amides is 1. The van der Waals surface area contributed by atoms with Gasteiger partial charge in [-0.15, -0.1) is 0 Å². The Kier molecular flexibility index (Phi) is 4.96. The molecule has 19 heavy (non-hydrogen) atoms. The summed E-state index contributed by atoms with van der Waals surface area (Å²) in [5.74, 6) is 0.281. The number of halogens is 1. The molecule has 0 saturated heterocycles. The van der Waals surface area contributed by atoms with Gasteiger partial charge >= 0.3 is 0 Å². The van der Waals surface area contributed by atoms with E-state index < -0.39 is 0 Å². The molecule has 1 atom stereocenters. The highest BCUT2D eigenvalue weighted by molar-refractivity contribution is 14.1. The van der Waals surface area contributed by atoms with Crippen LogP contribution in [0.25, 0.3) is 0 Å². The quantitative estimate of drug-likeness (QED) is 0.799. The minimum atomic E-state index is 0.0560. The van der Waals surface area contributed by atoms with E-state index in [0.29, 0.717) is 6.42 Å². The second kappa shape index (κ2) is 6.70. The largest absolute Gasteiger partial charge is 0.325 e. The van der Waals surface area contributed by atoms with Crippen molar-refractivity contribution in [1.29, 1.82) is 0 Å². The summed E-state index contributed by atoms with van der Waals surface area (Å²) in [6.45, 7) is 2.07. The third kappa shape index (κ3) is 4.06. The van der Waals surface area contributed by atoms with Gasteiger partial charge in [0.2, 0.25) is 5.91 Å². The Labute approximate surface area is 127 Å². The van der Waals surface area contributed by atoms with Crippen LogP contribution in [0.5, 0.6) is 0 Å². The molecule has 0 spiro atoms. The number of anilines is 1. The van der Waals surface area contributed by atoms with Gasteiger partial charge in [-0.05, 0) is 46.2 Å². The molecule has 1 N–H and O–H groups in total. The van der Waals surface area contributed by atoms with E-state index in [1.54, 1.807) is 0 Å². The SMILES string of the molecule is CC(CC(=O)Nc1ccccc1I)c1ccccc1. The third-order valence-electron chi connectivity index (χ3n) is 3.01. The predicted molar refractivity (Wildman–Crippen MR) is 87.3 cm³/mol. The Bertz CT molecular complexity index is 554. The molecule has 0 aliphatic carbocycles. The molecule has 0 aliphatic rings. The first-order valence-electron chi connectivity index (χ1n) is 6.26. The lowest BCUT2D eigenvalue weighted by Gasteiger charge is -2.12. The summed E-state index contributed by atoms with van der Waals surface area (Å²) < 4.78 is 1.06. The Morgan fingerprint density at radius 3 is 2.42 bits per heavy atom. The Hall–Kier alpha value is -1.36. The first-order chi connectivity index (χ1) is 9.16. The van der Waals surface area contributed by atoms with E-state index in [2.05, 4.69) is 47.0 Å². The summed E-state index contributed by atoms with van der Waals surface area (Å²) in [5.41, 5.74) is 2.08. The third-order valence-corrected chi connectivity index (χ3v) is 3.95. The summed E-state index contributed by atoms with van der Waals surface area (Å²) in [4.78, 5) is 12.0. The maximum absolute atomic E-state index is 12.0. The highest BCUT2D eigenvalue weighted by Crippen LogP contribution is 2.21. The minimum absolute atomic E-state index is 0.0560. The van der Waals surface area contributed by atoms with Crippen LogP contribution in [0.1, 0.15) is 24.8 Å². The van der Waals surface area contributed by atoms with Crippen molar-refractivity contribution in [2.45, 2.75) is 19.3 Å². The van der Waals surface area contributed by atoms with Crippen molar-refractivity contribution in [1.82, 2.24) is 0 Å². The maximum atomic E-state index is 12.0. The van der Waals surface area contributed by atoms with Gasteiger partial charge in [-0.25, -0.2) is 0 Å². The molecule has 0 fully saturated rings. The number of para-hydroxylation sites is 1. The number of benzene rings is 2. The van der Waals surface area contributed by atoms with Crippen LogP contribution < -0.4 is 5.32 Å². The van der Waals surface area contributed by atoms with E-state index >= 15 is 0 Å². The van der Waals surface area contributed by atoms with E-state index in [-0.39, 0.29) is 11.8 Å². The Morgan fingerprint density at radius 1 is 1.11 bits per heavy atom.